The standard InChI is InChI=1S/C31H31Cl2N5O4.ClH/c1-4-42-25-14-9-21(30(40)36(2)3)17-24(25)29-35-27(19-5-10-22(32)11-6-19)28(20-7-12-23(33)13-8-20)38(29)31(41)37-16-15-34-26(39)18-37;/h5-14,17,27-28H,4,15-16,18H2,1-3H3,(H,34,39);1H/t27-,28+;/m0./s1. The summed E-state index contributed by atoms with van der Waals surface area (Å²) in [5.41, 5.74) is 2.55. The normalized spacial score (nSPS) is 18.0. The Morgan fingerprint density at radius 2 is 1.63 bits per heavy atom. The van der Waals surface area contributed by atoms with Gasteiger partial charge in [-0.3, -0.25) is 19.5 Å². The number of piperazine rings is 1. The van der Waals surface area contributed by atoms with Crippen molar-refractivity contribution in [3.8, 4) is 5.75 Å². The van der Waals surface area contributed by atoms with E-state index in [-0.39, 0.29) is 36.8 Å². The average Bonchev–Trinajstić information content (AvgIpc) is 3.38. The molecule has 1 saturated heterocycles. The van der Waals surface area contributed by atoms with Gasteiger partial charge >= 0.3 is 6.03 Å². The van der Waals surface area contributed by atoms with E-state index in [1.807, 2.05) is 31.2 Å². The Morgan fingerprint density at radius 3 is 2.21 bits per heavy atom. The molecule has 43 heavy (non-hydrogen) atoms. The highest BCUT2D eigenvalue weighted by Crippen LogP contribution is 2.45. The Hall–Kier alpha value is -3.79. The quantitative estimate of drug-likeness (QED) is 0.377. The van der Waals surface area contributed by atoms with Crippen LogP contribution in [0.3, 0.4) is 0 Å². The molecule has 0 aromatic heterocycles. The lowest BCUT2D eigenvalue weighted by atomic mass is 9.93. The van der Waals surface area contributed by atoms with E-state index < -0.39 is 12.1 Å². The number of rotatable bonds is 6. The largest absolute Gasteiger partial charge is 0.493 e. The van der Waals surface area contributed by atoms with E-state index in [0.717, 1.165) is 11.1 Å². The topological polar surface area (TPSA) is 94.6 Å². The van der Waals surface area contributed by atoms with Gasteiger partial charge in [0.15, 0.2) is 0 Å². The van der Waals surface area contributed by atoms with Crippen molar-refractivity contribution < 1.29 is 19.1 Å². The first-order chi connectivity index (χ1) is 20.2. The average molecular weight is 645 g/mol. The highest BCUT2D eigenvalue weighted by atomic mass is 35.5. The molecule has 9 nitrogen and oxygen atoms in total. The van der Waals surface area contributed by atoms with Crippen molar-refractivity contribution in [2.45, 2.75) is 19.0 Å². The van der Waals surface area contributed by atoms with Gasteiger partial charge in [0.05, 0.1) is 18.2 Å². The Morgan fingerprint density at radius 1 is 1.00 bits per heavy atom. The predicted octanol–water partition coefficient (Wildman–Crippen LogP) is 5.61. The maximum Gasteiger partial charge on any atom is 0.326 e. The first-order valence-corrected chi connectivity index (χ1v) is 14.4. The molecule has 1 fully saturated rings. The molecule has 0 radical (unpaired) electrons. The van der Waals surface area contributed by atoms with Crippen LogP contribution in [0.25, 0.3) is 0 Å². The zero-order valence-corrected chi connectivity index (χ0v) is 26.2. The molecule has 4 amide bonds. The number of halogens is 3. The van der Waals surface area contributed by atoms with E-state index >= 15 is 0 Å². The number of nitrogens with zero attached hydrogens (tertiary/aromatic N) is 4. The van der Waals surface area contributed by atoms with Crippen LogP contribution in [0.15, 0.2) is 71.7 Å². The molecule has 5 rings (SSSR count). The van der Waals surface area contributed by atoms with Gasteiger partial charge in [0.1, 0.15) is 24.2 Å². The summed E-state index contributed by atoms with van der Waals surface area (Å²) in [6.45, 7) is 2.82. The summed E-state index contributed by atoms with van der Waals surface area (Å²) in [5, 5.41) is 3.90. The minimum absolute atomic E-state index is 0. The van der Waals surface area contributed by atoms with Gasteiger partial charge in [-0.2, -0.15) is 0 Å². The fourth-order valence-electron chi connectivity index (χ4n) is 5.19. The number of hydrogen-bond acceptors (Lipinski definition) is 5. The van der Waals surface area contributed by atoms with Crippen molar-refractivity contribution in [1.29, 1.82) is 0 Å². The summed E-state index contributed by atoms with van der Waals surface area (Å²) in [7, 11) is 3.35. The number of urea groups is 1. The molecule has 0 spiro atoms. The lowest BCUT2D eigenvalue weighted by Crippen LogP contribution is -2.55. The van der Waals surface area contributed by atoms with Crippen molar-refractivity contribution in [2.75, 3.05) is 40.3 Å². The van der Waals surface area contributed by atoms with E-state index in [1.165, 1.54) is 9.80 Å². The van der Waals surface area contributed by atoms with Crippen LogP contribution >= 0.6 is 35.6 Å². The zero-order valence-electron chi connectivity index (χ0n) is 23.9. The first-order valence-electron chi connectivity index (χ1n) is 13.6. The number of amidine groups is 1. The maximum absolute atomic E-state index is 14.4. The second-order valence-corrected chi connectivity index (χ2v) is 11.1. The number of nitrogens with one attached hydrogen (secondary N) is 1. The van der Waals surface area contributed by atoms with Crippen LogP contribution in [0.1, 0.15) is 46.1 Å². The van der Waals surface area contributed by atoms with Gasteiger partial charge in [0.25, 0.3) is 5.91 Å². The molecule has 1 N–H and O–H groups in total. The molecule has 2 heterocycles. The van der Waals surface area contributed by atoms with Crippen molar-refractivity contribution in [1.82, 2.24) is 20.0 Å². The van der Waals surface area contributed by atoms with Crippen LogP contribution < -0.4 is 10.1 Å². The number of amides is 4. The molecule has 0 unspecified atom stereocenters. The second kappa shape index (κ2) is 13.7. The number of hydrogen-bond donors (Lipinski definition) is 1. The third-order valence-electron chi connectivity index (χ3n) is 7.18. The van der Waals surface area contributed by atoms with E-state index in [2.05, 4.69) is 5.32 Å². The molecule has 0 bridgehead atoms. The summed E-state index contributed by atoms with van der Waals surface area (Å²) in [5.74, 6) is 0.375. The number of carbonyl (C=O) groups is 3. The van der Waals surface area contributed by atoms with Crippen molar-refractivity contribution >= 4 is 59.3 Å². The van der Waals surface area contributed by atoms with Crippen LogP contribution in [0.4, 0.5) is 4.79 Å². The van der Waals surface area contributed by atoms with Crippen LogP contribution in [-0.4, -0.2) is 78.7 Å². The maximum atomic E-state index is 14.4. The predicted molar refractivity (Wildman–Crippen MR) is 170 cm³/mol. The number of ether oxygens (including phenoxy) is 1. The van der Waals surface area contributed by atoms with Gasteiger partial charge in [0, 0.05) is 42.8 Å². The molecule has 0 saturated carbocycles. The van der Waals surface area contributed by atoms with Gasteiger partial charge in [-0.25, -0.2) is 4.79 Å². The van der Waals surface area contributed by atoms with Crippen LogP contribution in [0.5, 0.6) is 5.75 Å². The minimum Gasteiger partial charge on any atom is -0.493 e. The molecular weight excluding hydrogens is 613 g/mol. The summed E-state index contributed by atoms with van der Waals surface area (Å²) < 4.78 is 5.99. The third kappa shape index (κ3) is 6.74. The van der Waals surface area contributed by atoms with Crippen molar-refractivity contribution in [2.24, 2.45) is 4.99 Å². The minimum atomic E-state index is -0.599. The lowest BCUT2D eigenvalue weighted by Gasteiger charge is -2.35. The second-order valence-electron chi connectivity index (χ2n) is 10.2. The van der Waals surface area contributed by atoms with Crippen LogP contribution in [-0.2, 0) is 4.79 Å². The van der Waals surface area contributed by atoms with E-state index in [1.54, 1.807) is 61.5 Å². The molecule has 0 aliphatic carbocycles. The highest BCUT2D eigenvalue weighted by Gasteiger charge is 2.45. The van der Waals surface area contributed by atoms with Gasteiger partial charge in [-0.15, -0.1) is 12.4 Å². The van der Waals surface area contributed by atoms with Gasteiger partial charge in [-0.05, 0) is 60.5 Å². The molecule has 2 aliphatic heterocycles. The third-order valence-corrected chi connectivity index (χ3v) is 7.68. The van der Waals surface area contributed by atoms with E-state index in [9.17, 15) is 14.4 Å². The number of carbonyl (C=O) groups excluding carboxylic acids is 3. The number of aliphatic imine (C=N–C) groups is 1. The smallest absolute Gasteiger partial charge is 0.326 e. The molecule has 12 heteroatoms. The summed E-state index contributed by atoms with van der Waals surface area (Å²) >= 11 is 12.5. The van der Waals surface area contributed by atoms with Gasteiger partial charge < -0.3 is 19.9 Å². The lowest BCUT2D eigenvalue weighted by molar-refractivity contribution is -0.123. The van der Waals surface area contributed by atoms with Crippen LogP contribution in [0, 0.1) is 0 Å². The Balaban J connectivity index is 0.00000423. The summed E-state index contributed by atoms with van der Waals surface area (Å²) in [6.07, 6.45) is 0. The number of benzene rings is 3. The van der Waals surface area contributed by atoms with Crippen LogP contribution in [0.2, 0.25) is 10.0 Å². The molecule has 226 valence electrons. The summed E-state index contributed by atoms with van der Waals surface area (Å²) in [4.78, 5) is 49.5. The fraction of sp³-hybridized carbons (Fsp3) is 0.290. The zero-order chi connectivity index (χ0) is 30.0. The first kappa shape index (κ1) is 32.1. The Labute approximate surface area is 266 Å². The fourth-order valence-corrected chi connectivity index (χ4v) is 5.44. The Bertz CT molecular complexity index is 1530. The highest BCUT2D eigenvalue weighted by molar-refractivity contribution is 6.30. The van der Waals surface area contributed by atoms with Crippen molar-refractivity contribution in [3.05, 3.63) is 99.0 Å². The monoisotopic (exact) mass is 643 g/mol. The van der Waals surface area contributed by atoms with E-state index in [4.69, 9.17) is 32.9 Å². The van der Waals surface area contributed by atoms with Gasteiger partial charge in [-0.1, -0.05) is 47.5 Å². The van der Waals surface area contributed by atoms with Gasteiger partial charge in [0.2, 0.25) is 5.91 Å². The SMILES string of the molecule is CCOc1ccc(C(=O)N(C)C)cc1C1=N[C@@H](c2ccc(Cl)cc2)[C@@H](c2ccc(Cl)cc2)N1C(=O)N1CCNC(=O)C1.Cl. The molecular formula is C31H32Cl3N5O4. The molecule has 3 aromatic rings. The van der Waals surface area contributed by atoms with Crippen molar-refractivity contribution in [3.63, 3.8) is 0 Å². The summed E-state index contributed by atoms with van der Waals surface area (Å²) in [6, 6.07) is 18.2. The molecule has 3 aromatic carbocycles. The Kier molecular flexibility index (Phi) is 10.2. The molecule has 2 atom stereocenters. The molecule has 2 aliphatic rings. The van der Waals surface area contributed by atoms with E-state index in [0.29, 0.717) is 52.5 Å².